The third-order valence-electron chi connectivity index (χ3n) is 4.47. The molecule has 0 unspecified atom stereocenters. The Bertz CT molecular complexity index is 676. The first-order valence-corrected chi connectivity index (χ1v) is 8.56. The average Bonchev–Trinajstić information content (AvgIpc) is 3.29. The number of aromatic nitrogens is 3. The Morgan fingerprint density at radius 2 is 1.42 bits per heavy atom. The average molecular weight is 328 g/mol. The normalized spacial score (nSPS) is 17.5. The zero-order valence-corrected chi connectivity index (χ0v) is 13.6. The SMILES string of the molecule is Fc1cccc(Nc2nc(N3CCCC3)nc(N3CCCC3)n2)c1. The molecular formula is C17H21FN6. The van der Waals surface area contributed by atoms with E-state index in [0.29, 0.717) is 23.5 Å². The topological polar surface area (TPSA) is 57.2 Å². The van der Waals surface area contributed by atoms with Crippen molar-refractivity contribution >= 4 is 23.5 Å². The predicted molar refractivity (Wildman–Crippen MR) is 92.4 cm³/mol. The van der Waals surface area contributed by atoms with E-state index in [1.54, 1.807) is 12.1 Å². The fourth-order valence-corrected chi connectivity index (χ4v) is 3.22. The second kappa shape index (κ2) is 6.59. The molecule has 2 fully saturated rings. The zero-order valence-electron chi connectivity index (χ0n) is 13.6. The quantitative estimate of drug-likeness (QED) is 0.931. The van der Waals surface area contributed by atoms with Crippen LogP contribution in [-0.4, -0.2) is 41.1 Å². The molecule has 6 nitrogen and oxygen atoms in total. The number of nitrogens with one attached hydrogen (secondary N) is 1. The summed E-state index contributed by atoms with van der Waals surface area (Å²) >= 11 is 0. The second-order valence-electron chi connectivity index (χ2n) is 6.28. The van der Waals surface area contributed by atoms with Crippen LogP contribution in [0.4, 0.5) is 27.9 Å². The monoisotopic (exact) mass is 328 g/mol. The standard InChI is InChI=1S/C17H21FN6/c18-13-6-5-7-14(12-13)19-15-20-16(23-8-1-2-9-23)22-17(21-15)24-10-3-4-11-24/h5-7,12H,1-4,8-11H2,(H,19,20,21,22). The smallest absolute Gasteiger partial charge is 0.233 e. The van der Waals surface area contributed by atoms with Gasteiger partial charge < -0.3 is 15.1 Å². The lowest BCUT2D eigenvalue weighted by Crippen LogP contribution is -2.25. The van der Waals surface area contributed by atoms with Gasteiger partial charge in [0.1, 0.15) is 5.82 Å². The maximum Gasteiger partial charge on any atom is 0.233 e. The molecule has 0 radical (unpaired) electrons. The van der Waals surface area contributed by atoms with Crippen LogP contribution in [0.25, 0.3) is 0 Å². The molecular weight excluding hydrogens is 307 g/mol. The van der Waals surface area contributed by atoms with E-state index in [1.165, 1.54) is 12.1 Å². The molecule has 7 heteroatoms. The first-order chi connectivity index (χ1) is 11.8. The summed E-state index contributed by atoms with van der Waals surface area (Å²) in [6.07, 6.45) is 4.66. The van der Waals surface area contributed by atoms with E-state index in [0.717, 1.165) is 51.9 Å². The number of nitrogens with zero attached hydrogens (tertiary/aromatic N) is 5. The molecule has 0 atom stereocenters. The molecule has 2 aromatic rings. The maximum atomic E-state index is 13.4. The van der Waals surface area contributed by atoms with Crippen molar-refractivity contribution in [2.45, 2.75) is 25.7 Å². The molecule has 0 aliphatic carbocycles. The second-order valence-corrected chi connectivity index (χ2v) is 6.28. The zero-order chi connectivity index (χ0) is 16.4. The van der Waals surface area contributed by atoms with Crippen molar-refractivity contribution in [1.82, 2.24) is 15.0 Å². The van der Waals surface area contributed by atoms with Crippen molar-refractivity contribution < 1.29 is 4.39 Å². The molecule has 0 bridgehead atoms. The van der Waals surface area contributed by atoms with E-state index in [-0.39, 0.29) is 5.82 Å². The van der Waals surface area contributed by atoms with Crippen LogP contribution in [0, 0.1) is 5.82 Å². The molecule has 1 aromatic carbocycles. The maximum absolute atomic E-state index is 13.4. The molecule has 126 valence electrons. The van der Waals surface area contributed by atoms with Gasteiger partial charge >= 0.3 is 0 Å². The summed E-state index contributed by atoms with van der Waals surface area (Å²) in [5.74, 6) is 1.61. The van der Waals surface area contributed by atoms with Crippen LogP contribution in [0.2, 0.25) is 0 Å². The van der Waals surface area contributed by atoms with Crippen LogP contribution in [0.3, 0.4) is 0 Å². The van der Waals surface area contributed by atoms with E-state index in [4.69, 9.17) is 0 Å². The Kier molecular flexibility index (Phi) is 4.15. The highest BCUT2D eigenvalue weighted by Gasteiger charge is 2.21. The van der Waals surface area contributed by atoms with Gasteiger partial charge in [0, 0.05) is 31.9 Å². The van der Waals surface area contributed by atoms with Gasteiger partial charge in [-0.25, -0.2) is 4.39 Å². The predicted octanol–water partition coefficient (Wildman–Crippen LogP) is 2.95. The first-order valence-electron chi connectivity index (χ1n) is 8.56. The van der Waals surface area contributed by atoms with Crippen LogP contribution in [0.1, 0.15) is 25.7 Å². The number of rotatable bonds is 4. The van der Waals surface area contributed by atoms with Gasteiger partial charge in [0.05, 0.1) is 0 Å². The Morgan fingerprint density at radius 3 is 1.96 bits per heavy atom. The lowest BCUT2D eigenvalue weighted by atomic mass is 10.3. The Hall–Kier alpha value is -2.44. The minimum absolute atomic E-state index is 0.284. The molecule has 2 aliphatic heterocycles. The number of anilines is 4. The number of halogens is 1. The summed E-state index contributed by atoms with van der Waals surface area (Å²) in [7, 11) is 0. The van der Waals surface area contributed by atoms with Crippen molar-refractivity contribution in [2.75, 3.05) is 41.3 Å². The van der Waals surface area contributed by atoms with Crippen LogP contribution in [-0.2, 0) is 0 Å². The highest BCUT2D eigenvalue weighted by Crippen LogP contribution is 2.24. The summed E-state index contributed by atoms with van der Waals surface area (Å²) in [5, 5.41) is 3.12. The summed E-state index contributed by atoms with van der Waals surface area (Å²) in [5.41, 5.74) is 0.640. The van der Waals surface area contributed by atoms with Crippen LogP contribution in [0.15, 0.2) is 24.3 Å². The largest absolute Gasteiger partial charge is 0.341 e. The summed E-state index contributed by atoms with van der Waals surface area (Å²) in [6.45, 7) is 3.90. The third kappa shape index (κ3) is 3.25. The van der Waals surface area contributed by atoms with Crippen molar-refractivity contribution in [3.05, 3.63) is 30.1 Å². The highest BCUT2D eigenvalue weighted by molar-refractivity contribution is 5.56. The van der Waals surface area contributed by atoms with Gasteiger partial charge in [-0.15, -0.1) is 0 Å². The van der Waals surface area contributed by atoms with Crippen molar-refractivity contribution in [3.8, 4) is 0 Å². The van der Waals surface area contributed by atoms with Crippen LogP contribution in [0.5, 0.6) is 0 Å². The highest BCUT2D eigenvalue weighted by atomic mass is 19.1. The first kappa shape index (κ1) is 15.1. The Labute approximate surface area is 140 Å². The molecule has 0 saturated carbocycles. The molecule has 2 aliphatic rings. The molecule has 1 N–H and O–H groups in total. The molecule has 2 saturated heterocycles. The van der Waals surface area contributed by atoms with Gasteiger partial charge in [-0.1, -0.05) is 6.07 Å². The van der Waals surface area contributed by atoms with Crippen LogP contribution < -0.4 is 15.1 Å². The summed E-state index contributed by atoms with van der Waals surface area (Å²) < 4.78 is 13.4. The molecule has 1 aromatic heterocycles. The Morgan fingerprint density at radius 1 is 0.833 bits per heavy atom. The fourth-order valence-electron chi connectivity index (χ4n) is 3.22. The molecule has 3 heterocycles. The lowest BCUT2D eigenvalue weighted by molar-refractivity contribution is 0.628. The molecule has 4 rings (SSSR count). The molecule has 24 heavy (non-hydrogen) atoms. The minimum atomic E-state index is -0.284. The number of benzene rings is 1. The summed E-state index contributed by atoms with van der Waals surface area (Å²) in [6, 6.07) is 6.33. The van der Waals surface area contributed by atoms with Crippen molar-refractivity contribution in [2.24, 2.45) is 0 Å². The van der Waals surface area contributed by atoms with Gasteiger partial charge in [-0.05, 0) is 43.9 Å². The van der Waals surface area contributed by atoms with E-state index >= 15 is 0 Å². The van der Waals surface area contributed by atoms with Gasteiger partial charge in [-0.3, -0.25) is 0 Å². The lowest BCUT2D eigenvalue weighted by Gasteiger charge is -2.20. The van der Waals surface area contributed by atoms with Crippen molar-refractivity contribution in [3.63, 3.8) is 0 Å². The Balaban J connectivity index is 1.66. The van der Waals surface area contributed by atoms with E-state index in [2.05, 4.69) is 30.1 Å². The molecule has 0 spiro atoms. The third-order valence-corrected chi connectivity index (χ3v) is 4.47. The number of hydrogen-bond donors (Lipinski definition) is 1. The van der Waals surface area contributed by atoms with Gasteiger partial charge in [-0.2, -0.15) is 15.0 Å². The van der Waals surface area contributed by atoms with Gasteiger partial charge in [0.25, 0.3) is 0 Å². The van der Waals surface area contributed by atoms with E-state index in [1.807, 2.05) is 0 Å². The summed E-state index contributed by atoms with van der Waals surface area (Å²) in [4.78, 5) is 18.2. The molecule has 0 amide bonds. The van der Waals surface area contributed by atoms with Crippen LogP contribution >= 0.6 is 0 Å². The number of hydrogen-bond acceptors (Lipinski definition) is 6. The van der Waals surface area contributed by atoms with Gasteiger partial charge in [0.15, 0.2) is 0 Å². The van der Waals surface area contributed by atoms with E-state index in [9.17, 15) is 4.39 Å². The fraction of sp³-hybridized carbons (Fsp3) is 0.471. The van der Waals surface area contributed by atoms with E-state index < -0.39 is 0 Å². The minimum Gasteiger partial charge on any atom is -0.341 e. The van der Waals surface area contributed by atoms with Crippen molar-refractivity contribution in [1.29, 1.82) is 0 Å². The van der Waals surface area contributed by atoms with Gasteiger partial charge in [0.2, 0.25) is 17.8 Å².